The van der Waals surface area contributed by atoms with Gasteiger partial charge in [0.05, 0.1) is 6.04 Å². The highest BCUT2D eigenvalue weighted by Crippen LogP contribution is 2.43. The smallest absolute Gasteiger partial charge is 0.412 e. The first kappa shape index (κ1) is 29.0. The number of carbonyl (C=O) groups excluding carboxylic acids is 3. The van der Waals surface area contributed by atoms with E-state index in [1.54, 1.807) is 38.2 Å². The number of alkyl halides is 1. The van der Waals surface area contributed by atoms with E-state index in [2.05, 4.69) is 16.0 Å². The molecule has 0 bridgehead atoms. The normalized spacial score (nSPS) is 14.6. The molecule has 0 saturated heterocycles. The van der Waals surface area contributed by atoms with Gasteiger partial charge in [-0.1, -0.05) is 30.3 Å². The average molecular weight is 568 g/mol. The molecule has 11 heteroatoms. The average Bonchev–Trinajstić information content (AvgIpc) is 3.35. The van der Waals surface area contributed by atoms with Crippen molar-refractivity contribution in [1.82, 2.24) is 10.2 Å². The summed E-state index contributed by atoms with van der Waals surface area (Å²) in [4.78, 5) is 38.0. The fourth-order valence-corrected chi connectivity index (χ4v) is 4.79. The molecule has 3 aromatic carbocycles. The molecule has 10 nitrogen and oxygen atoms in total. The molecule has 0 fully saturated rings. The van der Waals surface area contributed by atoms with Gasteiger partial charge in [-0.25, -0.2) is 9.59 Å². The third-order valence-electron chi connectivity index (χ3n) is 6.73. The lowest BCUT2D eigenvalue weighted by molar-refractivity contribution is -0.117. The Bertz CT molecular complexity index is 1400. The fraction of sp³-hybridized carbons (Fsp3) is 0.345. The molecule has 3 aromatic rings. The number of benzene rings is 3. The molecule has 2 atom stereocenters. The summed E-state index contributed by atoms with van der Waals surface area (Å²) in [6.45, 7) is 4.82. The zero-order valence-corrected chi connectivity index (χ0v) is 23.5. The van der Waals surface area contributed by atoms with Crippen LogP contribution in [0.4, 0.5) is 21.0 Å². The van der Waals surface area contributed by atoms with Gasteiger partial charge in [0.15, 0.2) is 0 Å². The van der Waals surface area contributed by atoms with Crippen molar-refractivity contribution in [2.75, 3.05) is 43.2 Å². The summed E-state index contributed by atoms with van der Waals surface area (Å²) in [5, 5.41) is 10.6. The number of fused-ring (bicyclic) bond motifs is 3. The van der Waals surface area contributed by atoms with E-state index in [1.165, 1.54) is 4.90 Å². The molecule has 3 amide bonds. The molecule has 0 aliphatic carbocycles. The summed E-state index contributed by atoms with van der Waals surface area (Å²) < 4.78 is 11.0. The highest BCUT2D eigenvalue weighted by molar-refractivity contribution is 6.19. The maximum atomic E-state index is 12.6. The molecular formula is C29H34ClN5O5. The molecule has 1 heterocycles. The number of halogens is 1. The molecule has 1 aliphatic heterocycles. The molecule has 5 N–H and O–H groups in total. The van der Waals surface area contributed by atoms with E-state index < -0.39 is 18.2 Å². The van der Waals surface area contributed by atoms with Gasteiger partial charge in [0.1, 0.15) is 12.4 Å². The zero-order valence-electron chi connectivity index (χ0n) is 22.8. The van der Waals surface area contributed by atoms with Crippen LogP contribution in [0.25, 0.3) is 10.8 Å². The summed E-state index contributed by atoms with van der Waals surface area (Å²) in [5.74, 6) is 0.853. The number of amides is 3. The molecule has 40 heavy (non-hydrogen) atoms. The number of hydrogen-bond acceptors (Lipinski definition) is 7. The molecule has 0 radical (unpaired) electrons. The number of aryl methyl sites for hydroxylation is 1. The summed E-state index contributed by atoms with van der Waals surface area (Å²) in [7, 11) is 1.58. The number of carbonyl (C=O) groups is 3. The predicted octanol–water partition coefficient (Wildman–Crippen LogP) is 4.54. The van der Waals surface area contributed by atoms with Crippen LogP contribution in [0.1, 0.15) is 29.5 Å². The Morgan fingerprint density at radius 3 is 2.65 bits per heavy atom. The molecule has 0 aromatic heterocycles. The summed E-state index contributed by atoms with van der Waals surface area (Å²) >= 11 is 6.21. The van der Waals surface area contributed by atoms with E-state index >= 15 is 0 Å². The van der Waals surface area contributed by atoms with E-state index in [1.807, 2.05) is 31.2 Å². The summed E-state index contributed by atoms with van der Waals surface area (Å²) in [5.41, 5.74) is 10.1. The third-order valence-corrected chi connectivity index (χ3v) is 7.11. The van der Waals surface area contributed by atoms with Gasteiger partial charge in [-0.2, -0.15) is 0 Å². The zero-order chi connectivity index (χ0) is 28.8. The second-order valence-corrected chi connectivity index (χ2v) is 10.1. The number of likely N-dealkylation sites (N-methyl/N-ethyl adjacent to an activating group) is 1. The Morgan fingerprint density at radius 1 is 1.20 bits per heavy atom. The van der Waals surface area contributed by atoms with Gasteiger partial charge >= 0.3 is 12.2 Å². The second kappa shape index (κ2) is 12.9. The Labute approximate surface area is 238 Å². The monoisotopic (exact) mass is 567 g/mol. The second-order valence-electron chi connectivity index (χ2n) is 9.83. The van der Waals surface area contributed by atoms with Gasteiger partial charge in [0, 0.05) is 61.3 Å². The van der Waals surface area contributed by atoms with E-state index in [0.29, 0.717) is 17.3 Å². The van der Waals surface area contributed by atoms with Crippen LogP contribution in [0.2, 0.25) is 0 Å². The number of rotatable bonds is 9. The Balaban J connectivity index is 1.26. The molecular weight excluding hydrogens is 534 g/mol. The highest BCUT2D eigenvalue weighted by Gasteiger charge is 2.27. The van der Waals surface area contributed by atoms with E-state index in [4.69, 9.17) is 26.8 Å². The number of hydrogen-bond donors (Lipinski definition) is 4. The first-order valence-electron chi connectivity index (χ1n) is 13.0. The van der Waals surface area contributed by atoms with Crippen LogP contribution in [-0.2, 0) is 16.1 Å². The maximum Gasteiger partial charge on any atom is 0.412 e. The Morgan fingerprint density at radius 2 is 1.95 bits per heavy atom. The third kappa shape index (κ3) is 6.75. The van der Waals surface area contributed by atoms with Crippen LogP contribution >= 0.6 is 11.6 Å². The molecule has 0 saturated carbocycles. The van der Waals surface area contributed by atoms with Crippen molar-refractivity contribution in [2.45, 2.75) is 32.4 Å². The standard InChI is InChI=1S/C29H34ClN5O5/c1-17-5-4-6-22-24(13-23-26(25(17)22)20(14-30)15-33-23)40-28(37)32-11-12-35(3)29(38)39-16-19-7-9-21(10-8-19)34-27(36)18(2)31/h4-10,13,18,20,33H,11-12,14-16,31H2,1-3H3,(H,32,37)(H,34,36)/t18-,20+/m0/s1. The van der Waals surface area contributed by atoms with E-state index in [9.17, 15) is 14.4 Å². The first-order chi connectivity index (χ1) is 19.2. The van der Waals surface area contributed by atoms with Crippen molar-refractivity contribution in [1.29, 1.82) is 0 Å². The number of anilines is 2. The van der Waals surface area contributed by atoms with E-state index in [0.717, 1.165) is 39.7 Å². The van der Waals surface area contributed by atoms with Crippen molar-refractivity contribution in [2.24, 2.45) is 5.73 Å². The Hall–Kier alpha value is -4.02. The molecule has 212 valence electrons. The number of nitrogens with two attached hydrogens (primary N) is 1. The van der Waals surface area contributed by atoms with Gasteiger partial charge in [0.2, 0.25) is 5.91 Å². The van der Waals surface area contributed by atoms with Crippen LogP contribution in [0, 0.1) is 6.92 Å². The van der Waals surface area contributed by atoms with Crippen LogP contribution in [-0.4, -0.2) is 61.6 Å². The Kier molecular flexibility index (Phi) is 9.34. The van der Waals surface area contributed by atoms with Crippen molar-refractivity contribution in [3.05, 3.63) is 65.2 Å². The van der Waals surface area contributed by atoms with E-state index in [-0.39, 0.29) is 31.5 Å². The fourth-order valence-electron chi connectivity index (χ4n) is 4.52. The van der Waals surface area contributed by atoms with Gasteiger partial charge in [0.25, 0.3) is 0 Å². The van der Waals surface area contributed by atoms with Gasteiger partial charge in [-0.3, -0.25) is 4.79 Å². The largest absolute Gasteiger partial charge is 0.445 e. The van der Waals surface area contributed by atoms with Crippen molar-refractivity contribution in [3.63, 3.8) is 0 Å². The minimum Gasteiger partial charge on any atom is -0.445 e. The quantitative estimate of drug-likeness (QED) is 0.279. The van der Waals surface area contributed by atoms with Crippen LogP contribution in [0.15, 0.2) is 48.5 Å². The molecule has 4 rings (SSSR count). The van der Waals surface area contributed by atoms with Gasteiger partial charge < -0.3 is 36.1 Å². The minimum absolute atomic E-state index is 0.0591. The summed E-state index contributed by atoms with van der Waals surface area (Å²) in [6, 6.07) is 14.0. The molecule has 0 spiro atoms. The topological polar surface area (TPSA) is 135 Å². The highest BCUT2D eigenvalue weighted by atomic mass is 35.5. The molecule has 1 aliphatic rings. The number of ether oxygens (including phenoxy) is 2. The minimum atomic E-state index is -0.618. The number of nitrogens with one attached hydrogen (secondary N) is 3. The van der Waals surface area contributed by atoms with Crippen LogP contribution in [0.5, 0.6) is 5.75 Å². The van der Waals surface area contributed by atoms with Crippen molar-refractivity contribution < 1.29 is 23.9 Å². The summed E-state index contributed by atoms with van der Waals surface area (Å²) in [6.07, 6.45) is -1.16. The van der Waals surface area contributed by atoms with Crippen molar-refractivity contribution >= 4 is 51.8 Å². The van der Waals surface area contributed by atoms with Crippen molar-refractivity contribution in [3.8, 4) is 5.75 Å². The predicted molar refractivity (Wildman–Crippen MR) is 156 cm³/mol. The SMILES string of the molecule is Cc1cccc2c(OC(=O)NCCN(C)C(=O)OCc3ccc(NC(=O)[C@H](C)N)cc3)cc3c(c12)[C@H](CCl)CN3. The lowest BCUT2D eigenvalue weighted by atomic mass is 9.92. The van der Waals surface area contributed by atoms with Gasteiger partial charge in [-0.05, 0) is 48.1 Å². The van der Waals surface area contributed by atoms with Crippen LogP contribution in [0.3, 0.4) is 0 Å². The first-order valence-corrected chi connectivity index (χ1v) is 13.6. The lowest BCUT2D eigenvalue weighted by Gasteiger charge is -2.18. The maximum absolute atomic E-state index is 12.6. The lowest BCUT2D eigenvalue weighted by Crippen LogP contribution is -2.37. The number of nitrogens with zero attached hydrogens (tertiary/aromatic N) is 1. The van der Waals surface area contributed by atoms with Crippen LogP contribution < -0.4 is 26.4 Å². The molecule has 0 unspecified atom stereocenters. The van der Waals surface area contributed by atoms with Gasteiger partial charge in [-0.15, -0.1) is 11.6 Å².